The summed E-state index contributed by atoms with van der Waals surface area (Å²) in [5.74, 6) is -0.128. The smallest absolute Gasteiger partial charge is 0.268 e. The summed E-state index contributed by atoms with van der Waals surface area (Å²) < 4.78 is 3.96. The molecule has 0 aliphatic carbocycles. The predicted molar refractivity (Wildman–Crippen MR) is 124 cm³/mol. The highest BCUT2D eigenvalue weighted by Gasteiger charge is 2.38. The fourth-order valence-electron chi connectivity index (χ4n) is 4.09. The highest BCUT2D eigenvalue weighted by molar-refractivity contribution is 7.08. The minimum absolute atomic E-state index is 0.0123. The fourth-order valence-corrected chi connectivity index (χ4v) is 4.80. The summed E-state index contributed by atoms with van der Waals surface area (Å²) in [6.45, 7) is 5.80. The summed E-state index contributed by atoms with van der Waals surface area (Å²) in [6.07, 6.45) is 5.60. The lowest BCUT2D eigenvalue weighted by Crippen LogP contribution is -2.59. The molecule has 166 valence electrons. The summed E-state index contributed by atoms with van der Waals surface area (Å²) in [4.78, 5) is 35.0. The standard InChI is InChI=1S/C24H27N5O2S/c1-3-12-28-13-14-29(24(31)22-20(4-2)26-27-32-22)21(23(28)30)15-17-7-9-18(10-8-17)19-6-5-11-25-16-19/h5-11,16,21H,3-4,12-15H2,1-2H3. The summed E-state index contributed by atoms with van der Waals surface area (Å²) >= 11 is 1.11. The van der Waals surface area contributed by atoms with Gasteiger partial charge in [-0.2, -0.15) is 0 Å². The van der Waals surface area contributed by atoms with Crippen molar-refractivity contribution in [3.8, 4) is 11.1 Å². The van der Waals surface area contributed by atoms with Crippen LogP contribution in [0.15, 0.2) is 48.8 Å². The Morgan fingerprint density at radius 1 is 1.12 bits per heavy atom. The molecule has 1 aromatic carbocycles. The Hall–Kier alpha value is -3.13. The van der Waals surface area contributed by atoms with Gasteiger partial charge in [-0.15, -0.1) is 5.10 Å². The first kappa shape index (κ1) is 22.1. The number of nitrogens with zero attached hydrogens (tertiary/aromatic N) is 5. The van der Waals surface area contributed by atoms with Crippen LogP contribution in [0.3, 0.4) is 0 Å². The first-order valence-electron chi connectivity index (χ1n) is 11.0. The van der Waals surface area contributed by atoms with E-state index in [1.165, 1.54) is 0 Å². The van der Waals surface area contributed by atoms with Crippen LogP contribution in [-0.2, 0) is 17.6 Å². The third-order valence-corrected chi connectivity index (χ3v) is 6.56. The molecule has 2 aromatic heterocycles. The van der Waals surface area contributed by atoms with Gasteiger partial charge in [0.2, 0.25) is 5.91 Å². The van der Waals surface area contributed by atoms with Crippen LogP contribution < -0.4 is 0 Å². The van der Waals surface area contributed by atoms with Gasteiger partial charge in [-0.05, 0) is 47.1 Å². The number of pyridine rings is 1. The molecule has 32 heavy (non-hydrogen) atoms. The van der Waals surface area contributed by atoms with Crippen molar-refractivity contribution in [2.75, 3.05) is 19.6 Å². The topological polar surface area (TPSA) is 79.3 Å². The van der Waals surface area contributed by atoms with Crippen LogP contribution in [-0.4, -0.2) is 61.9 Å². The predicted octanol–water partition coefficient (Wildman–Crippen LogP) is 3.47. The van der Waals surface area contributed by atoms with E-state index in [-0.39, 0.29) is 11.8 Å². The maximum absolute atomic E-state index is 13.4. The Balaban J connectivity index is 1.59. The molecule has 1 atom stereocenters. The van der Waals surface area contributed by atoms with Gasteiger partial charge in [0.05, 0.1) is 5.69 Å². The van der Waals surface area contributed by atoms with Gasteiger partial charge in [0.15, 0.2) is 0 Å². The molecule has 1 aliphatic rings. The van der Waals surface area contributed by atoms with Gasteiger partial charge in [0.25, 0.3) is 5.91 Å². The minimum Gasteiger partial charge on any atom is -0.339 e. The number of hydrogen-bond acceptors (Lipinski definition) is 6. The maximum Gasteiger partial charge on any atom is 0.268 e. The van der Waals surface area contributed by atoms with Gasteiger partial charge >= 0.3 is 0 Å². The lowest BCUT2D eigenvalue weighted by molar-refractivity contribution is -0.140. The van der Waals surface area contributed by atoms with E-state index >= 15 is 0 Å². The van der Waals surface area contributed by atoms with Crippen molar-refractivity contribution in [3.05, 3.63) is 64.9 Å². The molecule has 0 N–H and O–H groups in total. The van der Waals surface area contributed by atoms with Crippen LogP contribution in [0.1, 0.15) is 41.2 Å². The molecule has 8 heteroatoms. The molecule has 1 fully saturated rings. The number of rotatable bonds is 7. The Bertz CT molecular complexity index is 1070. The third-order valence-electron chi connectivity index (χ3n) is 5.80. The second-order valence-corrected chi connectivity index (χ2v) is 8.64. The number of piperazine rings is 1. The molecule has 0 spiro atoms. The van der Waals surface area contributed by atoms with Gasteiger partial charge in [0.1, 0.15) is 10.9 Å². The molecule has 0 saturated carbocycles. The van der Waals surface area contributed by atoms with Crippen LogP contribution in [0.2, 0.25) is 0 Å². The first-order valence-corrected chi connectivity index (χ1v) is 11.8. The average Bonchev–Trinajstić information content (AvgIpc) is 3.31. The summed E-state index contributed by atoms with van der Waals surface area (Å²) in [7, 11) is 0. The molecule has 3 aromatic rings. The van der Waals surface area contributed by atoms with E-state index < -0.39 is 6.04 Å². The van der Waals surface area contributed by atoms with Gasteiger partial charge < -0.3 is 9.80 Å². The van der Waals surface area contributed by atoms with Crippen LogP contribution in [0.5, 0.6) is 0 Å². The van der Waals surface area contributed by atoms with E-state index in [1.54, 1.807) is 11.1 Å². The average molecular weight is 450 g/mol. The SMILES string of the molecule is CCCN1CCN(C(=O)c2snnc2CC)C(Cc2ccc(-c3cccnc3)cc2)C1=O. The third kappa shape index (κ3) is 4.55. The molecule has 1 aliphatic heterocycles. The summed E-state index contributed by atoms with van der Waals surface area (Å²) in [5.41, 5.74) is 3.83. The van der Waals surface area contributed by atoms with Crippen molar-refractivity contribution in [2.24, 2.45) is 0 Å². The van der Waals surface area contributed by atoms with E-state index in [4.69, 9.17) is 0 Å². The van der Waals surface area contributed by atoms with Crippen LogP contribution in [0.25, 0.3) is 11.1 Å². The minimum atomic E-state index is -0.529. The van der Waals surface area contributed by atoms with Crippen molar-refractivity contribution >= 4 is 23.3 Å². The molecule has 2 amide bonds. The Morgan fingerprint density at radius 2 is 1.94 bits per heavy atom. The fraction of sp³-hybridized carbons (Fsp3) is 0.375. The van der Waals surface area contributed by atoms with E-state index in [0.29, 0.717) is 43.0 Å². The van der Waals surface area contributed by atoms with Crippen LogP contribution >= 0.6 is 11.5 Å². The molecule has 3 heterocycles. The molecule has 0 bridgehead atoms. The van der Waals surface area contributed by atoms with E-state index in [9.17, 15) is 9.59 Å². The second-order valence-electron chi connectivity index (χ2n) is 7.88. The van der Waals surface area contributed by atoms with Gasteiger partial charge in [-0.25, -0.2) is 0 Å². The van der Waals surface area contributed by atoms with Crippen LogP contribution in [0.4, 0.5) is 0 Å². The molecular weight excluding hydrogens is 422 g/mol. The number of aromatic nitrogens is 3. The van der Waals surface area contributed by atoms with Gasteiger partial charge in [0, 0.05) is 38.4 Å². The van der Waals surface area contributed by atoms with Gasteiger partial charge in [-0.1, -0.05) is 48.7 Å². The normalized spacial score (nSPS) is 16.4. The molecular formula is C24H27N5O2S. The first-order chi connectivity index (χ1) is 15.6. The van der Waals surface area contributed by atoms with Crippen molar-refractivity contribution in [2.45, 2.75) is 39.2 Å². The Kier molecular flexibility index (Phi) is 6.90. The number of hydrogen-bond donors (Lipinski definition) is 0. The summed E-state index contributed by atoms with van der Waals surface area (Å²) in [5, 5.41) is 4.08. The number of carbonyl (C=O) groups is 2. The van der Waals surface area contributed by atoms with Crippen molar-refractivity contribution in [1.29, 1.82) is 0 Å². The second kappa shape index (κ2) is 9.99. The summed E-state index contributed by atoms with van der Waals surface area (Å²) in [6, 6.07) is 11.5. The lowest BCUT2D eigenvalue weighted by atomic mass is 9.98. The zero-order chi connectivity index (χ0) is 22.5. The molecule has 0 radical (unpaired) electrons. The number of carbonyl (C=O) groups excluding carboxylic acids is 2. The number of benzene rings is 1. The number of amides is 2. The van der Waals surface area contributed by atoms with Crippen molar-refractivity contribution in [1.82, 2.24) is 24.4 Å². The zero-order valence-electron chi connectivity index (χ0n) is 18.4. The molecule has 1 saturated heterocycles. The molecule has 1 unspecified atom stereocenters. The Labute approximate surface area is 192 Å². The lowest BCUT2D eigenvalue weighted by Gasteiger charge is -2.40. The maximum atomic E-state index is 13.4. The number of aryl methyl sites for hydroxylation is 1. The van der Waals surface area contributed by atoms with Crippen LogP contribution in [0, 0.1) is 0 Å². The largest absolute Gasteiger partial charge is 0.339 e. The zero-order valence-corrected chi connectivity index (χ0v) is 19.2. The van der Waals surface area contributed by atoms with E-state index in [2.05, 4.69) is 21.5 Å². The van der Waals surface area contributed by atoms with Crippen molar-refractivity contribution in [3.63, 3.8) is 0 Å². The molecule has 7 nitrogen and oxygen atoms in total. The molecule has 4 rings (SSSR count). The van der Waals surface area contributed by atoms with Crippen molar-refractivity contribution < 1.29 is 9.59 Å². The van der Waals surface area contributed by atoms with E-state index in [1.807, 2.05) is 54.4 Å². The quantitative estimate of drug-likeness (QED) is 0.552. The van der Waals surface area contributed by atoms with Gasteiger partial charge in [-0.3, -0.25) is 14.6 Å². The highest BCUT2D eigenvalue weighted by Crippen LogP contribution is 2.24. The monoisotopic (exact) mass is 449 g/mol. The van der Waals surface area contributed by atoms with E-state index in [0.717, 1.165) is 34.6 Å². The highest BCUT2D eigenvalue weighted by atomic mass is 32.1. The Morgan fingerprint density at radius 3 is 2.62 bits per heavy atom.